The third-order valence-corrected chi connectivity index (χ3v) is 5.20. The van der Waals surface area contributed by atoms with Crippen molar-refractivity contribution in [2.75, 3.05) is 46.4 Å². The maximum Gasteiger partial charge on any atom is 0.254 e. The van der Waals surface area contributed by atoms with Crippen LogP contribution < -0.4 is 14.4 Å². The molecule has 0 fully saturated rings. The number of rotatable bonds is 4. The summed E-state index contributed by atoms with van der Waals surface area (Å²) in [7, 11) is 6.43. The molecule has 7 nitrogen and oxygen atoms in total. The molecule has 1 aliphatic rings. The SMILES string of the molecule is COc1ccc(C(=O)N2CCC(=O)N(C)c3ccccc3C(OC)C2)cc1OC. The van der Waals surface area contributed by atoms with Gasteiger partial charge in [-0.25, -0.2) is 0 Å². The summed E-state index contributed by atoms with van der Waals surface area (Å²) in [6, 6.07) is 12.7. The Balaban J connectivity index is 1.96. The van der Waals surface area contributed by atoms with Crippen LogP contribution in [0.25, 0.3) is 0 Å². The minimum Gasteiger partial charge on any atom is -0.493 e. The van der Waals surface area contributed by atoms with Crippen molar-refractivity contribution in [3.8, 4) is 11.5 Å². The smallest absolute Gasteiger partial charge is 0.254 e. The van der Waals surface area contributed by atoms with Crippen molar-refractivity contribution in [1.29, 1.82) is 0 Å². The van der Waals surface area contributed by atoms with E-state index in [1.807, 2.05) is 24.3 Å². The summed E-state index contributed by atoms with van der Waals surface area (Å²) >= 11 is 0. The van der Waals surface area contributed by atoms with E-state index in [4.69, 9.17) is 14.2 Å². The molecule has 0 spiro atoms. The average Bonchev–Trinajstić information content (AvgIpc) is 2.81. The molecule has 29 heavy (non-hydrogen) atoms. The van der Waals surface area contributed by atoms with Gasteiger partial charge in [0.2, 0.25) is 5.91 Å². The van der Waals surface area contributed by atoms with E-state index in [-0.39, 0.29) is 24.3 Å². The number of anilines is 1. The molecule has 2 amide bonds. The second kappa shape index (κ2) is 8.96. The maximum absolute atomic E-state index is 13.3. The lowest BCUT2D eigenvalue weighted by atomic mass is 10.1. The molecule has 3 rings (SSSR count). The Morgan fingerprint density at radius 2 is 1.76 bits per heavy atom. The molecule has 1 unspecified atom stereocenters. The molecule has 0 aromatic heterocycles. The van der Waals surface area contributed by atoms with E-state index in [2.05, 4.69) is 0 Å². The van der Waals surface area contributed by atoms with E-state index in [1.165, 1.54) is 7.11 Å². The maximum atomic E-state index is 13.3. The van der Waals surface area contributed by atoms with Gasteiger partial charge >= 0.3 is 0 Å². The van der Waals surface area contributed by atoms with Gasteiger partial charge in [0, 0.05) is 43.9 Å². The molecule has 1 atom stereocenters. The van der Waals surface area contributed by atoms with Gasteiger partial charge in [0.15, 0.2) is 11.5 Å². The van der Waals surface area contributed by atoms with E-state index in [0.29, 0.717) is 30.2 Å². The molecule has 0 saturated carbocycles. The van der Waals surface area contributed by atoms with Crippen LogP contribution in [-0.4, -0.2) is 58.2 Å². The predicted molar refractivity (Wildman–Crippen MR) is 110 cm³/mol. The molecule has 7 heteroatoms. The minimum absolute atomic E-state index is 0.0562. The number of amides is 2. The lowest BCUT2D eigenvalue weighted by molar-refractivity contribution is -0.118. The van der Waals surface area contributed by atoms with Crippen molar-refractivity contribution in [2.24, 2.45) is 0 Å². The second-order valence-corrected chi connectivity index (χ2v) is 6.81. The number of benzene rings is 2. The molecular weight excluding hydrogens is 372 g/mol. The van der Waals surface area contributed by atoms with Crippen molar-refractivity contribution in [1.82, 2.24) is 4.90 Å². The number of fused-ring (bicyclic) bond motifs is 1. The number of para-hydroxylation sites is 1. The van der Waals surface area contributed by atoms with Crippen molar-refractivity contribution < 1.29 is 23.8 Å². The Morgan fingerprint density at radius 3 is 2.45 bits per heavy atom. The van der Waals surface area contributed by atoms with E-state index in [0.717, 1.165) is 11.3 Å². The zero-order valence-electron chi connectivity index (χ0n) is 17.2. The number of ether oxygens (including phenoxy) is 3. The van der Waals surface area contributed by atoms with Gasteiger partial charge in [-0.2, -0.15) is 0 Å². The third-order valence-electron chi connectivity index (χ3n) is 5.20. The summed E-state index contributed by atoms with van der Waals surface area (Å²) in [5.74, 6) is 0.781. The van der Waals surface area contributed by atoms with Crippen molar-refractivity contribution in [3.63, 3.8) is 0 Å². The van der Waals surface area contributed by atoms with Crippen LogP contribution in [0.1, 0.15) is 28.4 Å². The monoisotopic (exact) mass is 398 g/mol. The van der Waals surface area contributed by atoms with E-state index in [1.54, 1.807) is 49.3 Å². The number of carbonyl (C=O) groups excluding carboxylic acids is 2. The third kappa shape index (κ3) is 4.19. The Kier molecular flexibility index (Phi) is 6.39. The fraction of sp³-hybridized carbons (Fsp3) is 0.364. The second-order valence-electron chi connectivity index (χ2n) is 6.81. The summed E-state index contributed by atoms with van der Waals surface area (Å²) in [5, 5.41) is 0. The summed E-state index contributed by atoms with van der Waals surface area (Å²) in [5.41, 5.74) is 2.13. The van der Waals surface area contributed by atoms with E-state index >= 15 is 0 Å². The van der Waals surface area contributed by atoms with Gasteiger partial charge in [-0.15, -0.1) is 0 Å². The summed E-state index contributed by atoms with van der Waals surface area (Å²) in [4.78, 5) is 29.2. The van der Waals surface area contributed by atoms with Gasteiger partial charge in [-0.1, -0.05) is 18.2 Å². The normalized spacial score (nSPS) is 17.1. The number of hydrogen-bond acceptors (Lipinski definition) is 5. The molecule has 154 valence electrons. The number of hydrogen-bond donors (Lipinski definition) is 0. The molecular formula is C22H26N2O5. The molecule has 1 aliphatic heterocycles. The molecule has 0 N–H and O–H groups in total. The average molecular weight is 398 g/mol. The van der Waals surface area contributed by atoms with Crippen molar-refractivity contribution in [3.05, 3.63) is 53.6 Å². The number of methoxy groups -OCH3 is 3. The Morgan fingerprint density at radius 1 is 1.03 bits per heavy atom. The highest BCUT2D eigenvalue weighted by atomic mass is 16.5. The predicted octanol–water partition coefficient (Wildman–Crippen LogP) is 2.90. The first-order valence-electron chi connectivity index (χ1n) is 9.39. The summed E-state index contributed by atoms with van der Waals surface area (Å²) < 4.78 is 16.3. The standard InChI is InChI=1S/C22H26N2O5/c1-23-17-8-6-5-7-16(17)20(29-4)14-24(12-11-21(23)25)22(26)15-9-10-18(27-2)19(13-15)28-3/h5-10,13,20H,11-12,14H2,1-4H3. The molecule has 2 aromatic rings. The first-order chi connectivity index (χ1) is 14.0. The van der Waals surface area contributed by atoms with Crippen molar-refractivity contribution >= 4 is 17.5 Å². The summed E-state index contributed by atoms with van der Waals surface area (Å²) in [6.45, 7) is 0.631. The Bertz CT molecular complexity index is 899. The number of nitrogens with zero attached hydrogens (tertiary/aromatic N) is 2. The molecule has 2 aromatic carbocycles. The van der Waals surface area contributed by atoms with Gasteiger partial charge in [-0.05, 0) is 24.3 Å². The highest BCUT2D eigenvalue weighted by Crippen LogP contribution is 2.32. The lowest BCUT2D eigenvalue weighted by Crippen LogP contribution is -2.37. The lowest BCUT2D eigenvalue weighted by Gasteiger charge is -2.27. The van der Waals surface area contributed by atoms with E-state index < -0.39 is 0 Å². The molecule has 1 heterocycles. The molecule has 0 aliphatic carbocycles. The topological polar surface area (TPSA) is 68.3 Å². The first kappa shape index (κ1) is 20.7. The Labute approximate surface area is 170 Å². The largest absolute Gasteiger partial charge is 0.493 e. The van der Waals surface area contributed by atoms with Crippen LogP contribution in [0, 0.1) is 0 Å². The van der Waals surface area contributed by atoms with Crippen LogP contribution in [0.2, 0.25) is 0 Å². The molecule has 0 saturated heterocycles. The molecule has 0 bridgehead atoms. The van der Waals surface area contributed by atoms with Gasteiger partial charge < -0.3 is 24.0 Å². The Hall–Kier alpha value is -3.06. The van der Waals surface area contributed by atoms with Crippen LogP contribution in [0.3, 0.4) is 0 Å². The highest BCUT2D eigenvalue weighted by Gasteiger charge is 2.28. The van der Waals surface area contributed by atoms with Crippen LogP contribution >= 0.6 is 0 Å². The van der Waals surface area contributed by atoms with Gasteiger partial charge in [0.1, 0.15) is 6.10 Å². The van der Waals surface area contributed by atoms with Crippen LogP contribution in [0.4, 0.5) is 5.69 Å². The van der Waals surface area contributed by atoms with Gasteiger partial charge in [0.05, 0.1) is 20.8 Å². The van der Waals surface area contributed by atoms with Gasteiger partial charge in [-0.3, -0.25) is 9.59 Å². The van der Waals surface area contributed by atoms with Crippen molar-refractivity contribution in [2.45, 2.75) is 12.5 Å². The summed E-state index contributed by atoms with van der Waals surface area (Å²) in [6.07, 6.45) is -0.135. The molecule has 0 radical (unpaired) electrons. The fourth-order valence-electron chi connectivity index (χ4n) is 3.53. The first-order valence-corrected chi connectivity index (χ1v) is 9.39. The zero-order chi connectivity index (χ0) is 21.0. The van der Waals surface area contributed by atoms with E-state index in [9.17, 15) is 9.59 Å². The van der Waals surface area contributed by atoms with Crippen LogP contribution in [-0.2, 0) is 9.53 Å². The zero-order valence-corrected chi connectivity index (χ0v) is 17.2. The fourth-order valence-corrected chi connectivity index (χ4v) is 3.53. The van der Waals surface area contributed by atoms with Gasteiger partial charge in [0.25, 0.3) is 5.91 Å². The highest BCUT2D eigenvalue weighted by molar-refractivity contribution is 5.97. The number of carbonyl (C=O) groups is 2. The van der Waals surface area contributed by atoms with Crippen LogP contribution in [0.15, 0.2) is 42.5 Å². The minimum atomic E-state index is -0.358. The van der Waals surface area contributed by atoms with Crippen LogP contribution in [0.5, 0.6) is 11.5 Å². The quantitative estimate of drug-likeness (QED) is 0.792.